The van der Waals surface area contributed by atoms with Crippen molar-refractivity contribution >= 4 is 11.7 Å². The molecule has 6 rings (SSSR count). The smallest absolute Gasteiger partial charge is 0.256 e. The van der Waals surface area contributed by atoms with Crippen LogP contribution in [0.1, 0.15) is 48.9 Å². The Morgan fingerprint density at radius 3 is 2.41 bits per heavy atom. The average molecular weight is 395 g/mol. The van der Waals surface area contributed by atoms with Gasteiger partial charge in [0.1, 0.15) is 11.4 Å². The second kappa shape index (κ2) is 7.82. The molecule has 0 saturated heterocycles. The normalized spacial score (nSPS) is 29.8. The maximum Gasteiger partial charge on any atom is 0.256 e. The van der Waals surface area contributed by atoms with Crippen LogP contribution in [0, 0.1) is 23.7 Å². The third kappa shape index (κ3) is 3.54. The molecule has 4 bridgehead atoms. The van der Waals surface area contributed by atoms with Crippen molar-refractivity contribution in [2.75, 3.05) is 18.5 Å². The van der Waals surface area contributed by atoms with Gasteiger partial charge in [0.15, 0.2) is 0 Å². The minimum absolute atomic E-state index is 0.0313. The highest BCUT2D eigenvalue weighted by Crippen LogP contribution is 2.53. The largest absolute Gasteiger partial charge is 0.396 e. The van der Waals surface area contributed by atoms with Gasteiger partial charge in [-0.2, -0.15) is 5.10 Å². The number of aromatic nitrogens is 2. The molecule has 1 aromatic heterocycles. The monoisotopic (exact) mass is 394 g/mol. The number of nitrogens with zero attached hydrogens (tertiary/aromatic N) is 2. The fourth-order valence-corrected chi connectivity index (χ4v) is 6.13. The van der Waals surface area contributed by atoms with E-state index >= 15 is 0 Å². The molecule has 3 N–H and O–H groups in total. The molecule has 1 heterocycles. The lowest BCUT2D eigenvalue weighted by atomic mass is 9.54. The average Bonchev–Trinajstić information content (AvgIpc) is 3.15. The Hall–Kier alpha value is -2.34. The molecular formula is C23H30N4O2. The molecule has 154 valence electrons. The summed E-state index contributed by atoms with van der Waals surface area (Å²) in [6.45, 7) is 0.703. The quantitative estimate of drug-likeness (QED) is 0.630. The molecule has 0 radical (unpaired) electrons. The Balaban J connectivity index is 1.38. The van der Waals surface area contributed by atoms with Crippen molar-refractivity contribution in [2.24, 2.45) is 23.7 Å². The molecule has 0 atom stereocenters. The number of aliphatic hydroxyl groups excluding tert-OH is 1. The summed E-state index contributed by atoms with van der Waals surface area (Å²) >= 11 is 0. The number of nitrogens with one attached hydrogen (secondary N) is 2. The van der Waals surface area contributed by atoms with Crippen molar-refractivity contribution in [2.45, 2.75) is 44.6 Å². The first-order valence-electron chi connectivity index (χ1n) is 11.0. The summed E-state index contributed by atoms with van der Waals surface area (Å²) < 4.78 is 1.78. The van der Waals surface area contributed by atoms with Crippen LogP contribution in [0.5, 0.6) is 0 Å². The SMILES string of the molecule is O=C(NC1C2CC3CC(C2)CC1C3)c1cnn(-c2ccccc2)c1NCCCO. The third-order valence-electron chi connectivity index (χ3n) is 7.17. The second-order valence-electron chi connectivity index (χ2n) is 9.09. The van der Waals surface area contributed by atoms with Gasteiger partial charge in [-0.25, -0.2) is 4.68 Å². The number of anilines is 1. The molecule has 4 fully saturated rings. The zero-order chi connectivity index (χ0) is 19.8. The van der Waals surface area contributed by atoms with Crippen molar-refractivity contribution < 1.29 is 9.90 Å². The van der Waals surface area contributed by atoms with Gasteiger partial charge >= 0.3 is 0 Å². The van der Waals surface area contributed by atoms with Crippen LogP contribution in [-0.4, -0.2) is 40.0 Å². The Bertz CT molecular complexity index is 835. The summed E-state index contributed by atoms with van der Waals surface area (Å²) in [7, 11) is 0. The molecule has 4 aliphatic rings. The van der Waals surface area contributed by atoms with Crippen molar-refractivity contribution in [3.8, 4) is 5.69 Å². The highest BCUT2D eigenvalue weighted by Gasteiger charge is 2.48. The lowest BCUT2D eigenvalue weighted by Crippen LogP contribution is -2.55. The van der Waals surface area contributed by atoms with E-state index in [0.717, 1.165) is 17.5 Å². The summed E-state index contributed by atoms with van der Waals surface area (Å²) in [6.07, 6.45) is 8.82. The fraction of sp³-hybridized carbons (Fsp3) is 0.565. The van der Waals surface area contributed by atoms with Gasteiger partial charge in [-0.1, -0.05) is 18.2 Å². The Morgan fingerprint density at radius 2 is 1.76 bits per heavy atom. The summed E-state index contributed by atoms with van der Waals surface area (Å²) in [5, 5.41) is 20.4. The summed E-state index contributed by atoms with van der Waals surface area (Å²) in [5.41, 5.74) is 1.49. The van der Waals surface area contributed by atoms with Crippen LogP contribution in [0.3, 0.4) is 0 Å². The number of aliphatic hydroxyl groups is 1. The number of benzene rings is 1. The van der Waals surface area contributed by atoms with Gasteiger partial charge in [0.05, 0.1) is 11.9 Å². The van der Waals surface area contributed by atoms with Crippen LogP contribution in [0.15, 0.2) is 36.5 Å². The molecule has 0 aliphatic heterocycles. The molecular weight excluding hydrogens is 364 g/mol. The maximum absolute atomic E-state index is 13.3. The van der Waals surface area contributed by atoms with Gasteiger partial charge < -0.3 is 15.7 Å². The zero-order valence-electron chi connectivity index (χ0n) is 16.8. The highest BCUT2D eigenvalue weighted by atomic mass is 16.3. The summed E-state index contributed by atoms with van der Waals surface area (Å²) in [4.78, 5) is 13.3. The van der Waals surface area contributed by atoms with Crippen molar-refractivity contribution in [3.63, 3.8) is 0 Å². The first-order chi connectivity index (χ1) is 14.2. The predicted molar refractivity (Wildman–Crippen MR) is 112 cm³/mol. The van der Waals surface area contributed by atoms with Crippen LogP contribution >= 0.6 is 0 Å². The van der Waals surface area contributed by atoms with Gasteiger partial charge in [0, 0.05) is 19.2 Å². The molecule has 6 heteroatoms. The standard InChI is InChI=1S/C23H30N4O2/c28-8-4-7-24-22-20(14-25-27(22)19-5-2-1-3-6-19)23(29)26-21-17-10-15-9-16(12-17)13-18(21)11-15/h1-3,5-6,14-18,21,24,28H,4,7-13H2,(H,26,29). The van der Waals surface area contributed by atoms with Crippen LogP contribution in [0.2, 0.25) is 0 Å². The minimum Gasteiger partial charge on any atom is -0.396 e. The molecule has 0 unspecified atom stereocenters. The maximum atomic E-state index is 13.3. The lowest BCUT2D eigenvalue weighted by Gasteiger charge is -2.54. The number of hydrogen-bond acceptors (Lipinski definition) is 4. The van der Waals surface area contributed by atoms with Gasteiger partial charge in [0.2, 0.25) is 0 Å². The number of hydrogen-bond donors (Lipinski definition) is 3. The third-order valence-corrected chi connectivity index (χ3v) is 7.17. The van der Waals surface area contributed by atoms with Gasteiger partial charge in [-0.3, -0.25) is 4.79 Å². The van der Waals surface area contributed by atoms with Gasteiger partial charge in [-0.15, -0.1) is 0 Å². The number of amides is 1. The number of rotatable bonds is 7. The van der Waals surface area contributed by atoms with E-state index in [1.807, 2.05) is 30.3 Å². The summed E-state index contributed by atoms with van der Waals surface area (Å²) in [5.74, 6) is 3.74. The fourth-order valence-electron chi connectivity index (χ4n) is 6.13. The predicted octanol–water partition coefficient (Wildman–Crippen LogP) is 3.22. The topological polar surface area (TPSA) is 79.2 Å². The zero-order valence-corrected chi connectivity index (χ0v) is 16.8. The van der Waals surface area contributed by atoms with Gasteiger partial charge in [0.25, 0.3) is 5.91 Å². The number of para-hydroxylation sites is 1. The van der Waals surface area contributed by atoms with E-state index < -0.39 is 0 Å². The van der Waals surface area contributed by atoms with E-state index in [0.29, 0.717) is 42.2 Å². The van der Waals surface area contributed by atoms with E-state index in [9.17, 15) is 4.79 Å². The molecule has 1 aromatic carbocycles. The van der Waals surface area contributed by atoms with Gasteiger partial charge in [-0.05, 0) is 74.3 Å². The van der Waals surface area contributed by atoms with Crippen LogP contribution in [-0.2, 0) is 0 Å². The van der Waals surface area contributed by atoms with E-state index in [1.54, 1.807) is 10.9 Å². The van der Waals surface area contributed by atoms with Crippen LogP contribution in [0.25, 0.3) is 5.69 Å². The minimum atomic E-state index is -0.0313. The van der Waals surface area contributed by atoms with Crippen molar-refractivity contribution in [3.05, 3.63) is 42.1 Å². The molecule has 1 amide bonds. The van der Waals surface area contributed by atoms with Crippen LogP contribution < -0.4 is 10.6 Å². The molecule has 29 heavy (non-hydrogen) atoms. The summed E-state index contributed by atoms with van der Waals surface area (Å²) in [6, 6.07) is 10.1. The molecule has 4 saturated carbocycles. The Morgan fingerprint density at radius 1 is 1.07 bits per heavy atom. The highest BCUT2D eigenvalue weighted by molar-refractivity contribution is 5.99. The van der Waals surface area contributed by atoms with E-state index in [4.69, 9.17) is 5.11 Å². The lowest BCUT2D eigenvalue weighted by molar-refractivity contribution is -0.0119. The first kappa shape index (κ1) is 18.7. The van der Waals surface area contributed by atoms with Crippen molar-refractivity contribution in [1.82, 2.24) is 15.1 Å². The molecule has 0 spiro atoms. The van der Waals surface area contributed by atoms with Crippen molar-refractivity contribution in [1.29, 1.82) is 0 Å². The molecule has 2 aromatic rings. The number of carbonyl (C=O) groups excluding carboxylic acids is 1. The van der Waals surface area contributed by atoms with E-state index in [1.165, 1.54) is 32.1 Å². The van der Waals surface area contributed by atoms with Crippen LogP contribution in [0.4, 0.5) is 5.82 Å². The Labute approximate surface area is 171 Å². The Kier molecular flexibility index (Phi) is 5.04. The molecule has 6 nitrogen and oxygen atoms in total. The number of carbonyl (C=O) groups is 1. The van der Waals surface area contributed by atoms with E-state index in [2.05, 4.69) is 15.7 Å². The first-order valence-corrected chi connectivity index (χ1v) is 11.0. The second-order valence-corrected chi connectivity index (χ2v) is 9.09. The van der Waals surface area contributed by atoms with E-state index in [-0.39, 0.29) is 12.5 Å². The molecule has 4 aliphatic carbocycles.